The van der Waals surface area contributed by atoms with Crippen LogP contribution in [-0.4, -0.2) is 16.0 Å². The molecule has 104 valence electrons. The van der Waals surface area contributed by atoms with Gasteiger partial charge in [-0.3, -0.25) is 4.21 Å². The first kappa shape index (κ1) is 13.5. The predicted octanol–water partition coefficient (Wildman–Crippen LogP) is 3.21. The number of hydrogen-bond acceptors (Lipinski definition) is 2. The molecule has 2 nitrogen and oxygen atoms in total. The zero-order valence-corrected chi connectivity index (χ0v) is 12.3. The molecule has 0 spiro atoms. The standard InChI is InChI=1S/C17H19NOS/c1-13-12-20(19)17(15-10-6-3-7-11-15)16(18-13)14-8-4-2-5-9-14/h2-11,13,16-18H,12H2,1H3. The van der Waals surface area contributed by atoms with Crippen LogP contribution in [0.25, 0.3) is 0 Å². The van der Waals surface area contributed by atoms with Crippen molar-refractivity contribution in [1.82, 2.24) is 5.32 Å². The van der Waals surface area contributed by atoms with Crippen LogP contribution < -0.4 is 5.32 Å². The van der Waals surface area contributed by atoms with E-state index in [1.54, 1.807) is 0 Å². The summed E-state index contributed by atoms with van der Waals surface area (Å²) in [6, 6.07) is 20.9. The highest BCUT2D eigenvalue weighted by Gasteiger charge is 2.35. The first-order chi connectivity index (χ1) is 9.75. The van der Waals surface area contributed by atoms with Gasteiger partial charge in [0.05, 0.1) is 11.3 Å². The molecule has 1 N–H and O–H groups in total. The fourth-order valence-electron chi connectivity index (χ4n) is 2.86. The molecule has 1 aliphatic heterocycles. The topological polar surface area (TPSA) is 29.1 Å². The molecule has 20 heavy (non-hydrogen) atoms. The second-order valence-electron chi connectivity index (χ2n) is 5.33. The Hall–Kier alpha value is -1.45. The van der Waals surface area contributed by atoms with E-state index >= 15 is 0 Å². The Morgan fingerprint density at radius 3 is 2.10 bits per heavy atom. The summed E-state index contributed by atoms with van der Waals surface area (Å²) in [5.74, 6) is 0.711. The van der Waals surface area contributed by atoms with E-state index in [9.17, 15) is 4.21 Å². The molecule has 1 saturated heterocycles. The molecular formula is C17H19NOS. The molecule has 0 aliphatic carbocycles. The average Bonchev–Trinajstić information content (AvgIpc) is 2.48. The third kappa shape index (κ3) is 2.69. The molecule has 0 aromatic heterocycles. The summed E-state index contributed by atoms with van der Waals surface area (Å²) in [6.45, 7) is 2.11. The molecular weight excluding hydrogens is 266 g/mol. The molecule has 0 radical (unpaired) electrons. The Kier molecular flexibility index (Phi) is 3.99. The van der Waals surface area contributed by atoms with Crippen molar-refractivity contribution < 1.29 is 4.21 Å². The molecule has 2 aromatic carbocycles. The van der Waals surface area contributed by atoms with E-state index in [2.05, 4.69) is 36.5 Å². The lowest BCUT2D eigenvalue weighted by molar-refractivity contribution is 0.442. The summed E-state index contributed by atoms with van der Waals surface area (Å²) in [5.41, 5.74) is 2.36. The van der Waals surface area contributed by atoms with Gasteiger partial charge in [0.1, 0.15) is 0 Å². The van der Waals surface area contributed by atoms with Crippen molar-refractivity contribution in [2.45, 2.75) is 24.3 Å². The van der Waals surface area contributed by atoms with Gasteiger partial charge < -0.3 is 5.32 Å². The highest BCUT2D eigenvalue weighted by molar-refractivity contribution is 7.85. The molecule has 4 atom stereocenters. The van der Waals surface area contributed by atoms with Crippen LogP contribution in [-0.2, 0) is 10.8 Å². The summed E-state index contributed by atoms with van der Waals surface area (Å²) in [5, 5.41) is 3.64. The van der Waals surface area contributed by atoms with Crippen molar-refractivity contribution in [2.75, 3.05) is 5.75 Å². The summed E-state index contributed by atoms with van der Waals surface area (Å²) >= 11 is 0. The van der Waals surface area contributed by atoms with Gasteiger partial charge in [0.25, 0.3) is 0 Å². The van der Waals surface area contributed by atoms with Crippen molar-refractivity contribution in [3.8, 4) is 0 Å². The van der Waals surface area contributed by atoms with E-state index in [-0.39, 0.29) is 17.3 Å². The van der Waals surface area contributed by atoms with Gasteiger partial charge in [-0.25, -0.2) is 0 Å². The molecule has 3 heteroatoms. The Labute approximate surface area is 122 Å². The Bertz CT molecular complexity index is 584. The van der Waals surface area contributed by atoms with Crippen LogP contribution in [0.3, 0.4) is 0 Å². The van der Waals surface area contributed by atoms with Gasteiger partial charge in [0.2, 0.25) is 0 Å². The smallest absolute Gasteiger partial charge is 0.0792 e. The predicted molar refractivity (Wildman–Crippen MR) is 84.0 cm³/mol. The van der Waals surface area contributed by atoms with Crippen LogP contribution in [0.2, 0.25) is 0 Å². The van der Waals surface area contributed by atoms with Gasteiger partial charge in [0.15, 0.2) is 0 Å². The van der Waals surface area contributed by atoms with E-state index < -0.39 is 10.8 Å². The van der Waals surface area contributed by atoms with Crippen molar-refractivity contribution in [3.05, 3.63) is 71.8 Å². The number of rotatable bonds is 2. The van der Waals surface area contributed by atoms with Crippen molar-refractivity contribution in [2.24, 2.45) is 0 Å². The summed E-state index contributed by atoms with van der Waals surface area (Å²) in [4.78, 5) is 0. The van der Waals surface area contributed by atoms with Crippen LogP contribution in [0.4, 0.5) is 0 Å². The normalized spacial score (nSPS) is 30.1. The van der Waals surface area contributed by atoms with E-state index in [0.717, 1.165) is 5.56 Å². The highest BCUT2D eigenvalue weighted by atomic mass is 32.2. The monoisotopic (exact) mass is 285 g/mol. The molecule has 0 amide bonds. The largest absolute Gasteiger partial charge is 0.305 e. The fourth-order valence-corrected chi connectivity index (χ4v) is 4.66. The SMILES string of the molecule is CC1CS(=O)C(c2ccccc2)C(c2ccccc2)N1. The summed E-state index contributed by atoms with van der Waals surface area (Å²) in [6.07, 6.45) is 0. The lowest BCUT2D eigenvalue weighted by Gasteiger charge is -2.36. The average molecular weight is 285 g/mol. The summed E-state index contributed by atoms with van der Waals surface area (Å²) in [7, 11) is -0.852. The lowest BCUT2D eigenvalue weighted by Crippen LogP contribution is -2.44. The second kappa shape index (κ2) is 5.90. The molecule has 1 heterocycles. The molecule has 0 bridgehead atoms. The molecule has 2 aromatic rings. The van der Waals surface area contributed by atoms with Gasteiger partial charge in [-0.15, -0.1) is 0 Å². The number of hydrogen-bond donors (Lipinski definition) is 1. The van der Waals surface area contributed by atoms with E-state index in [0.29, 0.717) is 5.75 Å². The van der Waals surface area contributed by atoms with E-state index in [1.807, 2.05) is 36.4 Å². The van der Waals surface area contributed by atoms with Crippen molar-refractivity contribution in [1.29, 1.82) is 0 Å². The zero-order valence-electron chi connectivity index (χ0n) is 11.5. The van der Waals surface area contributed by atoms with Gasteiger partial charge >= 0.3 is 0 Å². The molecule has 1 aliphatic rings. The molecule has 3 rings (SSSR count). The minimum atomic E-state index is -0.852. The van der Waals surface area contributed by atoms with Crippen molar-refractivity contribution >= 4 is 10.8 Å². The minimum absolute atomic E-state index is 0.0230. The van der Waals surface area contributed by atoms with E-state index in [1.165, 1.54) is 5.56 Å². The molecule has 0 saturated carbocycles. The van der Waals surface area contributed by atoms with Gasteiger partial charge in [-0.2, -0.15) is 0 Å². The third-order valence-electron chi connectivity index (χ3n) is 3.75. The minimum Gasteiger partial charge on any atom is -0.305 e. The molecule has 1 fully saturated rings. The Morgan fingerprint density at radius 1 is 0.950 bits per heavy atom. The van der Waals surface area contributed by atoms with Crippen LogP contribution in [0.15, 0.2) is 60.7 Å². The van der Waals surface area contributed by atoms with Crippen LogP contribution in [0, 0.1) is 0 Å². The first-order valence-corrected chi connectivity index (χ1v) is 8.37. The highest BCUT2D eigenvalue weighted by Crippen LogP contribution is 2.37. The maximum atomic E-state index is 12.7. The lowest BCUT2D eigenvalue weighted by atomic mass is 9.97. The number of benzene rings is 2. The maximum Gasteiger partial charge on any atom is 0.0792 e. The van der Waals surface area contributed by atoms with Crippen LogP contribution >= 0.6 is 0 Å². The fraction of sp³-hybridized carbons (Fsp3) is 0.294. The van der Waals surface area contributed by atoms with Gasteiger partial charge in [0, 0.05) is 22.6 Å². The first-order valence-electron chi connectivity index (χ1n) is 6.99. The Balaban J connectivity index is 2.01. The second-order valence-corrected chi connectivity index (χ2v) is 6.94. The van der Waals surface area contributed by atoms with Gasteiger partial charge in [-0.1, -0.05) is 60.7 Å². The van der Waals surface area contributed by atoms with E-state index in [4.69, 9.17) is 0 Å². The Morgan fingerprint density at radius 2 is 1.50 bits per heavy atom. The zero-order chi connectivity index (χ0) is 13.9. The molecule has 4 unspecified atom stereocenters. The third-order valence-corrected chi connectivity index (χ3v) is 5.69. The van der Waals surface area contributed by atoms with Gasteiger partial charge in [-0.05, 0) is 18.1 Å². The maximum absolute atomic E-state index is 12.7. The van der Waals surface area contributed by atoms with Crippen molar-refractivity contribution in [3.63, 3.8) is 0 Å². The van der Waals surface area contributed by atoms with Crippen LogP contribution in [0.1, 0.15) is 29.3 Å². The van der Waals surface area contributed by atoms with Crippen LogP contribution in [0.5, 0.6) is 0 Å². The number of nitrogens with one attached hydrogen (secondary N) is 1. The summed E-state index contributed by atoms with van der Waals surface area (Å²) < 4.78 is 12.7. The quantitative estimate of drug-likeness (QED) is 0.918.